The van der Waals surface area contributed by atoms with Crippen molar-refractivity contribution in [1.82, 2.24) is 0 Å². The van der Waals surface area contributed by atoms with Crippen LogP contribution in [-0.2, 0) is 10.8 Å². The van der Waals surface area contributed by atoms with Crippen LogP contribution in [0.1, 0.15) is 65.2 Å². The van der Waals surface area contributed by atoms with Crippen LogP contribution < -0.4 is 0 Å². The van der Waals surface area contributed by atoms with Crippen LogP contribution in [0.2, 0.25) is 0 Å². The van der Waals surface area contributed by atoms with Crippen molar-refractivity contribution >= 4 is 0 Å². The molecule has 0 aliphatic rings. The van der Waals surface area contributed by atoms with Gasteiger partial charge >= 0.3 is 0 Å². The van der Waals surface area contributed by atoms with E-state index in [9.17, 15) is 5.11 Å². The highest BCUT2D eigenvalue weighted by Gasteiger charge is 2.21. The van der Waals surface area contributed by atoms with E-state index in [1.165, 1.54) is 11.1 Å². The van der Waals surface area contributed by atoms with Crippen LogP contribution in [-0.4, -0.2) is 11.7 Å². The summed E-state index contributed by atoms with van der Waals surface area (Å²) in [6, 6.07) is 6.72. The molecule has 0 aliphatic carbocycles. The average molecular weight is 247 g/mol. The quantitative estimate of drug-likeness (QED) is 0.829. The van der Waals surface area contributed by atoms with E-state index in [2.05, 4.69) is 59.7 Å². The molecule has 1 N–H and O–H groups in total. The first-order chi connectivity index (χ1) is 8.05. The first-order valence-electron chi connectivity index (χ1n) is 6.65. The van der Waals surface area contributed by atoms with E-state index >= 15 is 0 Å². The summed E-state index contributed by atoms with van der Waals surface area (Å²) in [5.41, 5.74) is 4.09. The van der Waals surface area contributed by atoms with E-state index in [0.717, 1.165) is 11.5 Å². The number of hydrogen-bond acceptors (Lipinski definition) is 1. The third-order valence-corrected chi connectivity index (χ3v) is 3.40. The Kier molecular flexibility index (Phi) is 4.27. The highest BCUT2D eigenvalue weighted by atomic mass is 16.3. The molecule has 0 amide bonds. The van der Waals surface area contributed by atoms with Gasteiger partial charge < -0.3 is 5.11 Å². The molecule has 18 heavy (non-hydrogen) atoms. The lowest BCUT2D eigenvalue weighted by Gasteiger charge is -2.27. The molecule has 0 aromatic heterocycles. The summed E-state index contributed by atoms with van der Waals surface area (Å²) in [4.78, 5) is 0. The molecule has 0 heterocycles. The van der Waals surface area contributed by atoms with E-state index in [1.807, 2.05) is 6.92 Å². The fraction of sp³-hybridized carbons (Fsp3) is 0.588. The van der Waals surface area contributed by atoms with Crippen molar-refractivity contribution in [3.05, 3.63) is 40.8 Å². The van der Waals surface area contributed by atoms with Gasteiger partial charge in [-0.2, -0.15) is 0 Å². The Morgan fingerprint density at radius 3 is 1.56 bits per heavy atom. The molecule has 0 bridgehead atoms. The highest BCUT2D eigenvalue weighted by molar-refractivity contribution is 5.42. The molecule has 101 valence electrons. The van der Waals surface area contributed by atoms with E-state index in [-0.39, 0.29) is 17.4 Å². The number of aliphatic hydroxyl groups excluding tert-OH is 1. The fourth-order valence-corrected chi connectivity index (χ4v) is 1.83. The molecule has 1 aromatic carbocycles. The van der Waals surface area contributed by atoms with Crippen molar-refractivity contribution < 1.29 is 5.11 Å². The van der Waals surface area contributed by atoms with Gasteiger partial charge in [0.1, 0.15) is 0 Å². The lowest BCUT2D eigenvalue weighted by molar-refractivity contribution is 0.315. The summed E-state index contributed by atoms with van der Waals surface area (Å²) < 4.78 is 0. The summed E-state index contributed by atoms with van der Waals surface area (Å²) in [7, 11) is 0. The standard InChI is InChI=1S/C17H27O/c1-12(11-18)13-8-14(16(2,3)4)10-15(9-13)17(5,6)7/h8-10,18H,11H2,1-7H3. The van der Waals surface area contributed by atoms with Crippen molar-refractivity contribution in [2.24, 2.45) is 0 Å². The topological polar surface area (TPSA) is 20.2 Å². The van der Waals surface area contributed by atoms with Gasteiger partial charge in [0.2, 0.25) is 0 Å². The zero-order valence-corrected chi connectivity index (χ0v) is 12.9. The van der Waals surface area contributed by atoms with Gasteiger partial charge in [-0.15, -0.1) is 0 Å². The minimum atomic E-state index is 0.122. The second kappa shape index (κ2) is 5.05. The second-order valence-electron chi connectivity index (χ2n) is 7.24. The van der Waals surface area contributed by atoms with Crippen LogP contribution in [0.15, 0.2) is 18.2 Å². The molecule has 0 saturated carbocycles. The molecular formula is C17H27O. The lowest BCUT2D eigenvalue weighted by atomic mass is 9.78. The van der Waals surface area contributed by atoms with E-state index in [4.69, 9.17) is 0 Å². The Hall–Kier alpha value is -0.820. The van der Waals surface area contributed by atoms with Crippen LogP contribution in [0, 0.1) is 5.92 Å². The van der Waals surface area contributed by atoms with Crippen molar-refractivity contribution in [1.29, 1.82) is 0 Å². The average Bonchev–Trinajstić information content (AvgIpc) is 2.25. The normalized spacial score (nSPS) is 13.2. The Bertz CT molecular complexity index is 372. The molecule has 0 aliphatic heterocycles. The molecule has 0 spiro atoms. The van der Waals surface area contributed by atoms with Crippen LogP contribution in [0.25, 0.3) is 0 Å². The number of hydrogen-bond donors (Lipinski definition) is 1. The van der Waals surface area contributed by atoms with Gasteiger partial charge in [0.15, 0.2) is 0 Å². The zero-order chi connectivity index (χ0) is 14.1. The molecular weight excluding hydrogens is 220 g/mol. The molecule has 0 fully saturated rings. The molecule has 0 saturated heterocycles. The van der Waals surface area contributed by atoms with Crippen LogP contribution >= 0.6 is 0 Å². The van der Waals surface area contributed by atoms with Crippen molar-refractivity contribution in [2.45, 2.75) is 59.3 Å². The third-order valence-electron chi connectivity index (χ3n) is 3.40. The van der Waals surface area contributed by atoms with Crippen LogP contribution in [0.3, 0.4) is 0 Å². The second-order valence-corrected chi connectivity index (χ2v) is 7.24. The fourth-order valence-electron chi connectivity index (χ4n) is 1.83. The monoisotopic (exact) mass is 247 g/mol. The largest absolute Gasteiger partial charge is 0.395 e. The van der Waals surface area contributed by atoms with Gasteiger partial charge in [0, 0.05) is 5.92 Å². The van der Waals surface area contributed by atoms with Gasteiger partial charge in [0.05, 0.1) is 6.61 Å². The first-order valence-corrected chi connectivity index (χ1v) is 6.65. The van der Waals surface area contributed by atoms with Crippen LogP contribution in [0.5, 0.6) is 0 Å². The van der Waals surface area contributed by atoms with E-state index in [1.54, 1.807) is 0 Å². The van der Waals surface area contributed by atoms with E-state index in [0.29, 0.717) is 0 Å². The maximum atomic E-state index is 9.34. The lowest BCUT2D eigenvalue weighted by Crippen LogP contribution is -2.18. The Balaban J connectivity index is 3.39. The molecule has 1 heteroatoms. The minimum Gasteiger partial charge on any atom is -0.395 e. The molecule has 1 nitrogen and oxygen atoms in total. The van der Waals surface area contributed by atoms with Gasteiger partial charge in [-0.25, -0.2) is 0 Å². The van der Waals surface area contributed by atoms with Gasteiger partial charge in [0.25, 0.3) is 0 Å². The van der Waals surface area contributed by atoms with Crippen molar-refractivity contribution in [2.75, 3.05) is 6.61 Å². The Morgan fingerprint density at radius 1 is 0.889 bits per heavy atom. The summed E-state index contributed by atoms with van der Waals surface area (Å²) in [6.07, 6.45) is 0. The maximum absolute atomic E-state index is 9.34. The molecule has 0 unspecified atom stereocenters. The molecule has 1 rings (SSSR count). The summed E-state index contributed by atoms with van der Waals surface area (Å²) in [5.74, 6) is 1.03. The van der Waals surface area contributed by atoms with Crippen LogP contribution in [0.4, 0.5) is 0 Å². The minimum absolute atomic E-state index is 0.122. The predicted octanol–water partition coefficient (Wildman–Crippen LogP) is 4.22. The Morgan fingerprint density at radius 2 is 1.28 bits per heavy atom. The molecule has 1 aromatic rings. The van der Waals surface area contributed by atoms with Crippen molar-refractivity contribution in [3.8, 4) is 0 Å². The molecule has 0 atom stereocenters. The Labute approximate surface area is 112 Å². The number of rotatable bonds is 2. The first kappa shape index (κ1) is 15.2. The maximum Gasteiger partial charge on any atom is 0.0534 e. The smallest absolute Gasteiger partial charge is 0.0534 e. The summed E-state index contributed by atoms with van der Waals surface area (Å²) >= 11 is 0. The van der Waals surface area contributed by atoms with Gasteiger partial charge in [-0.1, -0.05) is 66.7 Å². The van der Waals surface area contributed by atoms with Gasteiger partial charge in [-0.05, 0) is 27.5 Å². The number of benzene rings is 1. The zero-order valence-electron chi connectivity index (χ0n) is 12.9. The van der Waals surface area contributed by atoms with Gasteiger partial charge in [-0.3, -0.25) is 0 Å². The SMILES string of the molecule is C[C](CO)c1cc(C(C)(C)C)cc(C(C)(C)C)c1. The molecule has 1 radical (unpaired) electrons. The predicted molar refractivity (Wildman–Crippen MR) is 78.9 cm³/mol. The number of aliphatic hydroxyl groups is 1. The summed E-state index contributed by atoms with van der Waals surface area (Å²) in [5, 5.41) is 9.34. The van der Waals surface area contributed by atoms with Crippen molar-refractivity contribution in [3.63, 3.8) is 0 Å². The highest BCUT2D eigenvalue weighted by Crippen LogP contribution is 2.32. The van der Waals surface area contributed by atoms with E-state index < -0.39 is 0 Å². The third kappa shape index (κ3) is 3.58. The summed E-state index contributed by atoms with van der Waals surface area (Å²) in [6.45, 7) is 15.5.